The molecule has 7 nitrogen and oxygen atoms in total. The molecule has 1 fully saturated rings. The fraction of sp³-hybridized carbons (Fsp3) is 0.158. The van der Waals surface area contributed by atoms with Crippen LogP contribution >= 0.6 is 11.3 Å². The molecular formula is C19H14N4O3S. The molecule has 1 unspecified atom stereocenters. The number of rotatable bonds is 4. The smallest absolute Gasteiger partial charge is 0.325 e. The standard InChI is InChI=1S/C19H14N4O3S/c1-19(13-5-2-4-12(8-13)10-20)17(24)23(18(25)21-19)11-14-9-15(26-22-14)16-6-3-7-27-16/h2-9H,11H2,1H3,(H,21,25). The van der Waals surface area contributed by atoms with Gasteiger partial charge in [0.25, 0.3) is 5.91 Å². The fourth-order valence-corrected chi connectivity index (χ4v) is 3.69. The van der Waals surface area contributed by atoms with E-state index in [1.807, 2.05) is 23.6 Å². The van der Waals surface area contributed by atoms with Gasteiger partial charge in [-0.25, -0.2) is 4.79 Å². The molecule has 0 bridgehead atoms. The van der Waals surface area contributed by atoms with E-state index in [1.165, 1.54) is 11.3 Å². The number of urea groups is 1. The van der Waals surface area contributed by atoms with Crippen LogP contribution in [-0.4, -0.2) is 22.0 Å². The minimum Gasteiger partial charge on any atom is -0.355 e. The van der Waals surface area contributed by atoms with Crippen LogP contribution in [0.5, 0.6) is 0 Å². The molecule has 3 aromatic rings. The van der Waals surface area contributed by atoms with Gasteiger partial charge in [-0.1, -0.05) is 23.4 Å². The zero-order valence-electron chi connectivity index (χ0n) is 14.3. The Morgan fingerprint density at radius 1 is 1.30 bits per heavy atom. The molecule has 1 atom stereocenters. The van der Waals surface area contributed by atoms with Crippen LogP contribution in [-0.2, 0) is 16.9 Å². The number of amides is 3. The predicted octanol–water partition coefficient (Wildman–Crippen LogP) is 3.24. The van der Waals surface area contributed by atoms with Crippen LogP contribution in [0.3, 0.4) is 0 Å². The first-order valence-corrected chi connectivity index (χ1v) is 9.03. The van der Waals surface area contributed by atoms with E-state index in [0.717, 1.165) is 9.78 Å². The molecular weight excluding hydrogens is 364 g/mol. The number of carbonyl (C=O) groups is 2. The van der Waals surface area contributed by atoms with Crippen molar-refractivity contribution in [3.63, 3.8) is 0 Å². The highest BCUT2D eigenvalue weighted by molar-refractivity contribution is 7.13. The number of nitrogens with one attached hydrogen (secondary N) is 1. The van der Waals surface area contributed by atoms with E-state index >= 15 is 0 Å². The lowest BCUT2D eigenvalue weighted by atomic mass is 9.91. The number of carbonyl (C=O) groups excluding carboxylic acids is 2. The first-order valence-electron chi connectivity index (χ1n) is 8.15. The topological polar surface area (TPSA) is 99.2 Å². The molecule has 3 amide bonds. The van der Waals surface area contributed by atoms with Crippen LogP contribution < -0.4 is 5.32 Å². The van der Waals surface area contributed by atoms with E-state index in [4.69, 9.17) is 9.78 Å². The maximum atomic E-state index is 13.0. The summed E-state index contributed by atoms with van der Waals surface area (Å²) in [6.07, 6.45) is 0. The number of aromatic nitrogens is 1. The Bertz CT molecular complexity index is 1070. The van der Waals surface area contributed by atoms with Gasteiger partial charge in [-0.3, -0.25) is 9.69 Å². The zero-order valence-corrected chi connectivity index (χ0v) is 15.1. The quantitative estimate of drug-likeness (QED) is 0.703. The third kappa shape index (κ3) is 2.88. The van der Waals surface area contributed by atoms with E-state index in [1.54, 1.807) is 37.3 Å². The average molecular weight is 378 g/mol. The molecule has 0 saturated carbocycles. The summed E-state index contributed by atoms with van der Waals surface area (Å²) in [5.41, 5.74) is 0.231. The van der Waals surface area contributed by atoms with Gasteiger partial charge in [-0.15, -0.1) is 11.3 Å². The molecule has 4 rings (SSSR count). The van der Waals surface area contributed by atoms with Crippen molar-refractivity contribution >= 4 is 23.3 Å². The summed E-state index contributed by atoms with van der Waals surface area (Å²) < 4.78 is 5.31. The van der Waals surface area contributed by atoms with Gasteiger partial charge in [0.05, 0.1) is 23.1 Å². The lowest BCUT2D eigenvalue weighted by Gasteiger charge is -2.22. The van der Waals surface area contributed by atoms with Crippen LogP contribution in [0.4, 0.5) is 4.79 Å². The highest BCUT2D eigenvalue weighted by Crippen LogP contribution is 2.31. The maximum absolute atomic E-state index is 13.0. The lowest BCUT2D eigenvalue weighted by molar-refractivity contribution is -0.131. The van der Waals surface area contributed by atoms with Crippen LogP contribution in [0.15, 0.2) is 52.4 Å². The zero-order chi connectivity index (χ0) is 19.0. The Hall–Kier alpha value is -3.44. The first-order chi connectivity index (χ1) is 13.0. The third-order valence-electron chi connectivity index (χ3n) is 4.49. The minimum atomic E-state index is -1.23. The van der Waals surface area contributed by atoms with Crippen molar-refractivity contribution in [3.8, 4) is 16.7 Å². The van der Waals surface area contributed by atoms with Crippen molar-refractivity contribution in [1.29, 1.82) is 5.26 Å². The van der Waals surface area contributed by atoms with Crippen LogP contribution in [0.1, 0.15) is 23.7 Å². The maximum Gasteiger partial charge on any atom is 0.325 e. The summed E-state index contributed by atoms with van der Waals surface area (Å²) in [5, 5.41) is 17.7. The molecule has 27 heavy (non-hydrogen) atoms. The second kappa shape index (κ2) is 6.37. The summed E-state index contributed by atoms with van der Waals surface area (Å²) in [7, 11) is 0. The van der Waals surface area contributed by atoms with E-state index in [2.05, 4.69) is 10.5 Å². The Kier molecular flexibility index (Phi) is 4.01. The van der Waals surface area contributed by atoms with Crippen molar-refractivity contribution in [3.05, 3.63) is 64.7 Å². The Morgan fingerprint density at radius 2 is 2.15 bits per heavy atom. The molecule has 2 aromatic heterocycles. The Labute approximate surface area is 158 Å². The van der Waals surface area contributed by atoms with Gasteiger partial charge in [0.1, 0.15) is 11.2 Å². The molecule has 8 heteroatoms. The predicted molar refractivity (Wildman–Crippen MR) is 97.4 cm³/mol. The van der Waals surface area contributed by atoms with Crippen molar-refractivity contribution in [2.45, 2.75) is 19.0 Å². The first kappa shape index (κ1) is 17.0. The summed E-state index contributed by atoms with van der Waals surface area (Å²) in [4.78, 5) is 27.4. The van der Waals surface area contributed by atoms with E-state index in [9.17, 15) is 9.59 Å². The van der Waals surface area contributed by atoms with Crippen molar-refractivity contribution in [1.82, 2.24) is 15.4 Å². The van der Waals surface area contributed by atoms with Gasteiger partial charge in [-0.2, -0.15) is 5.26 Å². The van der Waals surface area contributed by atoms with Gasteiger partial charge < -0.3 is 9.84 Å². The molecule has 0 aliphatic carbocycles. The number of hydrogen-bond acceptors (Lipinski definition) is 6. The fourth-order valence-electron chi connectivity index (χ4n) is 3.02. The van der Waals surface area contributed by atoms with Crippen LogP contribution in [0, 0.1) is 11.3 Å². The largest absolute Gasteiger partial charge is 0.355 e. The van der Waals surface area contributed by atoms with Gasteiger partial charge in [0.15, 0.2) is 5.76 Å². The normalized spacial score (nSPS) is 19.2. The molecule has 1 aliphatic rings. The van der Waals surface area contributed by atoms with E-state index in [-0.39, 0.29) is 6.54 Å². The third-order valence-corrected chi connectivity index (χ3v) is 5.37. The molecule has 1 aromatic carbocycles. The van der Waals surface area contributed by atoms with E-state index in [0.29, 0.717) is 22.6 Å². The Morgan fingerprint density at radius 3 is 2.89 bits per heavy atom. The molecule has 0 spiro atoms. The summed E-state index contributed by atoms with van der Waals surface area (Å²) in [5.74, 6) is 0.194. The van der Waals surface area contributed by atoms with Gasteiger partial charge in [0, 0.05) is 6.07 Å². The molecule has 134 valence electrons. The van der Waals surface area contributed by atoms with Crippen molar-refractivity contribution in [2.24, 2.45) is 0 Å². The molecule has 1 aliphatic heterocycles. The van der Waals surface area contributed by atoms with E-state index < -0.39 is 17.5 Å². The lowest BCUT2D eigenvalue weighted by Crippen LogP contribution is -2.40. The monoisotopic (exact) mass is 378 g/mol. The second-order valence-electron chi connectivity index (χ2n) is 6.30. The molecule has 1 N–H and O–H groups in total. The minimum absolute atomic E-state index is 0.00702. The second-order valence-corrected chi connectivity index (χ2v) is 7.25. The number of nitriles is 1. The number of hydrogen-bond donors (Lipinski definition) is 1. The Balaban J connectivity index is 1.59. The van der Waals surface area contributed by atoms with Gasteiger partial charge in [0.2, 0.25) is 0 Å². The molecule has 1 saturated heterocycles. The molecule has 0 radical (unpaired) electrons. The number of imide groups is 1. The summed E-state index contributed by atoms with van der Waals surface area (Å²) in [6, 6.07) is 13.7. The molecule has 3 heterocycles. The van der Waals surface area contributed by atoms with Gasteiger partial charge in [-0.05, 0) is 36.1 Å². The average Bonchev–Trinajstić information content (AvgIpc) is 3.40. The SMILES string of the molecule is CC1(c2cccc(C#N)c2)NC(=O)N(Cc2cc(-c3cccs3)on2)C1=O. The number of nitrogens with zero attached hydrogens (tertiary/aromatic N) is 3. The number of benzene rings is 1. The van der Waals surface area contributed by atoms with Crippen molar-refractivity contribution in [2.75, 3.05) is 0 Å². The van der Waals surface area contributed by atoms with Gasteiger partial charge >= 0.3 is 6.03 Å². The highest BCUT2D eigenvalue weighted by atomic mass is 32.1. The summed E-state index contributed by atoms with van der Waals surface area (Å²) in [6.45, 7) is 1.64. The summed E-state index contributed by atoms with van der Waals surface area (Å²) >= 11 is 1.51. The van der Waals surface area contributed by atoms with Crippen LogP contribution in [0.2, 0.25) is 0 Å². The van der Waals surface area contributed by atoms with Crippen molar-refractivity contribution < 1.29 is 14.1 Å². The number of thiophene rings is 1. The highest BCUT2D eigenvalue weighted by Gasteiger charge is 2.49. The van der Waals surface area contributed by atoms with Crippen LogP contribution in [0.25, 0.3) is 10.6 Å².